The number of aromatic nitrogens is 2. The number of rotatable bonds is 4. The third kappa shape index (κ3) is 3.30. The predicted molar refractivity (Wildman–Crippen MR) is 67.8 cm³/mol. The molecular weight excluding hydrogens is 238 g/mol. The molecule has 2 heterocycles. The standard InChI is InChI=1S/C11H13N3S2/c1-8(12)6-9-2-3-10(14-7-9)16-11-13-4-5-15-11/h2-5,7-8H,6,12H2,1H3. The second-order valence-corrected chi connectivity index (χ2v) is 5.75. The summed E-state index contributed by atoms with van der Waals surface area (Å²) in [7, 11) is 0. The Labute approximate surface area is 103 Å². The second-order valence-electron chi connectivity index (χ2n) is 3.59. The van der Waals surface area contributed by atoms with E-state index in [-0.39, 0.29) is 6.04 Å². The maximum absolute atomic E-state index is 5.73. The second kappa shape index (κ2) is 5.43. The van der Waals surface area contributed by atoms with Crippen molar-refractivity contribution < 1.29 is 0 Å². The zero-order valence-electron chi connectivity index (χ0n) is 8.96. The Morgan fingerprint density at radius 3 is 2.88 bits per heavy atom. The molecule has 0 amide bonds. The largest absolute Gasteiger partial charge is 0.328 e. The summed E-state index contributed by atoms with van der Waals surface area (Å²) in [6, 6.07) is 4.27. The minimum absolute atomic E-state index is 0.180. The molecular formula is C11H13N3S2. The summed E-state index contributed by atoms with van der Waals surface area (Å²) in [5.74, 6) is 0. The molecule has 0 aliphatic rings. The van der Waals surface area contributed by atoms with Crippen molar-refractivity contribution in [3.05, 3.63) is 35.5 Å². The average molecular weight is 251 g/mol. The fraction of sp³-hybridized carbons (Fsp3) is 0.273. The van der Waals surface area contributed by atoms with Gasteiger partial charge in [-0.3, -0.25) is 0 Å². The van der Waals surface area contributed by atoms with Crippen LogP contribution in [0, 0.1) is 0 Å². The van der Waals surface area contributed by atoms with E-state index in [1.54, 1.807) is 29.3 Å². The molecule has 2 aromatic rings. The molecule has 1 unspecified atom stereocenters. The molecule has 0 saturated heterocycles. The highest BCUT2D eigenvalue weighted by Gasteiger charge is 2.02. The van der Waals surface area contributed by atoms with Gasteiger partial charge in [-0.05, 0) is 36.7 Å². The lowest BCUT2D eigenvalue weighted by Crippen LogP contribution is -2.17. The zero-order valence-corrected chi connectivity index (χ0v) is 10.6. The van der Waals surface area contributed by atoms with Gasteiger partial charge in [0.05, 0.1) is 0 Å². The van der Waals surface area contributed by atoms with E-state index in [2.05, 4.69) is 16.0 Å². The van der Waals surface area contributed by atoms with E-state index in [1.807, 2.05) is 24.6 Å². The molecule has 0 fully saturated rings. The molecule has 2 rings (SSSR count). The zero-order chi connectivity index (χ0) is 11.4. The van der Waals surface area contributed by atoms with Crippen molar-refractivity contribution in [3.8, 4) is 0 Å². The van der Waals surface area contributed by atoms with Crippen molar-refractivity contribution in [1.29, 1.82) is 0 Å². The van der Waals surface area contributed by atoms with Crippen LogP contribution in [-0.4, -0.2) is 16.0 Å². The topological polar surface area (TPSA) is 51.8 Å². The lowest BCUT2D eigenvalue weighted by Gasteiger charge is -2.04. The van der Waals surface area contributed by atoms with Crippen molar-refractivity contribution in [2.75, 3.05) is 0 Å². The Bertz CT molecular complexity index is 423. The van der Waals surface area contributed by atoms with E-state index < -0.39 is 0 Å². The normalized spacial score (nSPS) is 12.6. The third-order valence-electron chi connectivity index (χ3n) is 1.96. The fourth-order valence-corrected chi connectivity index (χ4v) is 2.82. The highest BCUT2D eigenvalue weighted by atomic mass is 32.2. The molecule has 0 bridgehead atoms. The predicted octanol–water partition coefficient (Wildman–Crippen LogP) is 2.58. The van der Waals surface area contributed by atoms with Crippen LogP contribution in [0.1, 0.15) is 12.5 Å². The van der Waals surface area contributed by atoms with Crippen molar-refractivity contribution in [3.63, 3.8) is 0 Å². The van der Waals surface area contributed by atoms with E-state index >= 15 is 0 Å². The number of nitrogens with zero attached hydrogens (tertiary/aromatic N) is 2. The summed E-state index contributed by atoms with van der Waals surface area (Å²) in [5, 5.41) is 2.94. The quantitative estimate of drug-likeness (QED) is 0.907. The SMILES string of the molecule is CC(N)Cc1ccc(Sc2nccs2)nc1. The van der Waals surface area contributed by atoms with Gasteiger partial charge >= 0.3 is 0 Å². The lowest BCUT2D eigenvalue weighted by atomic mass is 10.1. The van der Waals surface area contributed by atoms with E-state index in [0.717, 1.165) is 15.8 Å². The Hall–Kier alpha value is -0.910. The van der Waals surface area contributed by atoms with Gasteiger partial charge in [0, 0.05) is 23.8 Å². The molecule has 1 atom stereocenters. The average Bonchev–Trinajstić information content (AvgIpc) is 2.73. The number of hydrogen-bond donors (Lipinski definition) is 1. The van der Waals surface area contributed by atoms with Gasteiger partial charge in [-0.1, -0.05) is 6.07 Å². The summed E-state index contributed by atoms with van der Waals surface area (Å²) < 4.78 is 1.02. The van der Waals surface area contributed by atoms with Crippen LogP contribution in [0.5, 0.6) is 0 Å². The fourth-order valence-electron chi connectivity index (χ4n) is 1.31. The summed E-state index contributed by atoms with van der Waals surface area (Å²) in [6.45, 7) is 2.00. The van der Waals surface area contributed by atoms with Crippen LogP contribution in [-0.2, 0) is 6.42 Å². The van der Waals surface area contributed by atoms with Crippen LogP contribution < -0.4 is 5.73 Å². The van der Waals surface area contributed by atoms with Crippen molar-refractivity contribution in [2.24, 2.45) is 5.73 Å². The summed E-state index contributed by atoms with van der Waals surface area (Å²) in [6.07, 6.45) is 4.56. The summed E-state index contributed by atoms with van der Waals surface area (Å²) in [5.41, 5.74) is 6.91. The Balaban J connectivity index is 2.02. The van der Waals surface area contributed by atoms with Gasteiger partial charge in [0.1, 0.15) is 5.03 Å². The van der Waals surface area contributed by atoms with E-state index in [0.29, 0.717) is 0 Å². The van der Waals surface area contributed by atoms with E-state index in [1.165, 1.54) is 5.56 Å². The minimum Gasteiger partial charge on any atom is -0.328 e. The van der Waals surface area contributed by atoms with Crippen LogP contribution >= 0.6 is 23.1 Å². The number of pyridine rings is 1. The number of thiazole rings is 1. The van der Waals surface area contributed by atoms with Gasteiger partial charge in [0.25, 0.3) is 0 Å². The molecule has 0 aliphatic heterocycles. The third-order valence-corrected chi connectivity index (χ3v) is 3.79. The van der Waals surface area contributed by atoms with Crippen molar-refractivity contribution >= 4 is 23.1 Å². The highest BCUT2D eigenvalue weighted by molar-refractivity contribution is 8.00. The number of nitrogens with two attached hydrogens (primary N) is 1. The molecule has 2 aromatic heterocycles. The molecule has 5 heteroatoms. The van der Waals surface area contributed by atoms with Crippen LogP contribution in [0.15, 0.2) is 39.3 Å². The van der Waals surface area contributed by atoms with Crippen molar-refractivity contribution in [1.82, 2.24) is 9.97 Å². The maximum atomic E-state index is 5.73. The van der Waals surface area contributed by atoms with Crippen LogP contribution in [0.2, 0.25) is 0 Å². The molecule has 0 aliphatic carbocycles. The molecule has 3 nitrogen and oxygen atoms in total. The number of hydrogen-bond acceptors (Lipinski definition) is 5. The van der Waals surface area contributed by atoms with E-state index in [9.17, 15) is 0 Å². The van der Waals surface area contributed by atoms with Crippen molar-refractivity contribution in [2.45, 2.75) is 28.8 Å². The molecule has 16 heavy (non-hydrogen) atoms. The monoisotopic (exact) mass is 251 g/mol. The van der Waals surface area contributed by atoms with Gasteiger partial charge in [-0.15, -0.1) is 11.3 Å². The molecule has 84 valence electrons. The van der Waals surface area contributed by atoms with E-state index in [4.69, 9.17) is 5.73 Å². The van der Waals surface area contributed by atoms with Gasteiger partial charge in [-0.2, -0.15) is 0 Å². The first-order valence-corrected chi connectivity index (χ1v) is 6.71. The first kappa shape index (κ1) is 11.6. The lowest BCUT2D eigenvalue weighted by molar-refractivity contribution is 0.734. The summed E-state index contributed by atoms with van der Waals surface area (Å²) in [4.78, 5) is 8.58. The van der Waals surface area contributed by atoms with Crippen LogP contribution in [0.4, 0.5) is 0 Å². The Morgan fingerprint density at radius 1 is 1.44 bits per heavy atom. The van der Waals surface area contributed by atoms with Gasteiger partial charge in [-0.25, -0.2) is 9.97 Å². The molecule has 2 N–H and O–H groups in total. The molecule has 0 saturated carbocycles. The smallest absolute Gasteiger partial charge is 0.156 e. The molecule has 0 radical (unpaired) electrons. The van der Waals surface area contributed by atoms with Gasteiger partial charge in [0.2, 0.25) is 0 Å². The maximum Gasteiger partial charge on any atom is 0.156 e. The Morgan fingerprint density at radius 2 is 2.31 bits per heavy atom. The minimum atomic E-state index is 0.180. The van der Waals surface area contributed by atoms with Crippen LogP contribution in [0.3, 0.4) is 0 Å². The first-order chi connectivity index (χ1) is 7.74. The first-order valence-electron chi connectivity index (χ1n) is 5.02. The molecule has 0 aromatic carbocycles. The Kier molecular flexibility index (Phi) is 3.93. The summed E-state index contributed by atoms with van der Waals surface area (Å²) >= 11 is 3.21. The highest BCUT2D eigenvalue weighted by Crippen LogP contribution is 2.27. The van der Waals surface area contributed by atoms with Crippen LogP contribution in [0.25, 0.3) is 0 Å². The van der Waals surface area contributed by atoms with Gasteiger partial charge in [0.15, 0.2) is 4.34 Å². The molecule has 0 spiro atoms. The van der Waals surface area contributed by atoms with Gasteiger partial charge < -0.3 is 5.73 Å².